The van der Waals surface area contributed by atoms with Gasteiger partial charge in [0.25, 0.3) is 0 Å². The number of alkyl halides is 3. The number of rotatable bonds is 9. The van der Waals surface area contributed by atoms with Crippen molar-refractivity contribution in [1.82, 2.24) is 5.32 Å². The van der Waals surface area contributed by atoms with Gasteiger partial charge in [0.2, 0.25) is 0 Å². The minimum Gasteiger partial charge on any atom is -0.481 e. The minimum atomic E-state index is -4.40. The van der Waals surface area contributed by atoms with E-state index in [1.807, 2.05) is 19.1 Å². The molecule has 1 atom stereocenters. The van der Waals surface area contributed by atoms with E-state index in [0.717, 1.165) is 50.5 Å². The lowest BCUT2D eigenvalue weighted by Crippen LogP contribution is -2.31. The molecule has 4 rings (SSSR count). The Morgan fingerprint density at radius 2 is 1.83 bits per heavy atom. The summed E-state index contributed by atoms with van der Waals surface area (Å²) in [6.07, 6.45) is 2.02. The van der Waals surface area contributed by atoms with Gasteiger partial charge in [-0.15, -0.1) is 0 Å². The first-order valence-corrected chi connectivity index (χ1v) is 12.6. The van der Waals surface area contributed by atoms with Crippen molar-refractivity contribution in [2.24, 2.45) is 5.16 Å². The smallest absolute Gasteiger partial charge is 0.416 e. The molecule has 1 fully saturated rings. The van der Waals surface area contributed by atoms with Crippen LogP contribution < -0.4 is 5.32 Å². The maximum atomic E-state index is 13.8. The summed E-state index contributed by atoms with van der Waals surface area (Å²) in [5, 5.41) is 16.2. The number of carbonyl (C=O) groups is 1. The van der Waals surface area contributed by atoms with E-state index in [4.69, 9.17) is 9.94 Å². The number of carboxylic acids is 1. The molecule has 1 unspecified atom stereocenters. The quantitative estimate of drug-likeness (QED) is 0.315. The highest BCUT2D eigenvalue weighted by Gasteiger charge is 2.35. The molecule has 0 amide bonds. The fourth-order valence-corrected chi connectivity index (χ4v) is 5.34. The summed E-state index contributed by atoms with van der Waals surface area (Å²) in [4.78, 5) is 16.2. The molecule has 2 aromatic carbocycles. The monoisotopic (exact) mass is 502 g/mol. The number of carboxylic acid groups (broad SMARTS) is 1. The zero-order valence-corrected chi connectivity index (χ0v) is 20.5. The zero-order chi connectivity index (χ0) is 25.7. The molecule has 0 bridgehead atoms. The lowest BCUT2D eigenvalue weighted by atomic mass is 9.81. The second kappa shape index (κ2) is 11.5. The van der Waals surface area contributed by atoms with Gasteiger partial charge in [0, 0.05) is 12.6 Å². The SMILES string of the molecule is C/C(=N\OCc1ccc(C2CCCCC2)c(C(F)(F)F)c1)c1ccc2c(c1)CC(NCCC(=O)O)C2. The summed E-state index contributed by atoms with van der Waals surface area (Å²) in [7, 11) is 0. The summed E-state index contributed by atoms with van der Waals surface area (Å²) in [6.45, 7) is 2.21. The van der Waals surface area contributed by atoms with Gasteiger partial charge in [-0.05, 0) is 78.5 Å². The number of nitrogens with zero attached hydrogens (tertiary/aromatic N) is 1. The van der Waals surface area contributed by atoms with Crippen molar-refractivity contribution >= 4 is 11.7 Å². The molecule has 8 heteroatoms. The van der Waals surface area contributed by atoms with Crippen LogP contribution in [0.3, 0.4) is 0 Å². The van der Waals surface area contributed by atoms with E-state index in [9.17, 15) is 18.0 Å². The lowest BCUT2D eigenvalue weighted by molar-refractivity contribution is -0.139. The van der Waals surface area contributed by atoms with Crippen LogP contribution in [-0.2, 0) is 35.3 Å². The Hall–Kier alpha value is -2.87. The number of benzene rings is 2. The predicted molar refractivity (Wildman–Crippen MR) is 132 cm³/mol. The number of oxime groups is 1. The van der Waals surface area contributed by atoms with Gasteiger partial charge in [0.1, 0.15) is 6.61 Å². The highest BCUT2D eigenvalue weighted by atomic mass is 19.4. The van der Waals surface area contributed by atoms with Gasteiger partial charge in [-0.3, -0.25) is 4.79 Å². The molecule has 0 spiro atoms. The van der Waals surface area contributed by atoms with E-state index in [1.165, 1.54) is 17.2 Å². The van der Waals surface area contributed by atoms with Crippen LogP contribution in [0.1, 0.15) is 84.7 Å². The van der Waals surface area contributed by atoms with Crippen LogP contribution >= 0.6 is 0 Å². The van der Waals surface area contributed by atoms with E-state index in [-0.39, 0.29) is 25.0 Å². The highest BCUT2D eigenvalue weighted by molar-refractivity contribution is 5.98. The molecule has 0 aliphatic heterocycles. The van der Waals surface area contributed by atoms with E-state index >= 15 is 0 Å². The summed E-state index contributed by atoms with van der Waals surface area (Å²) >= 11 is 0. The Labute approximate surface area is 209 Å². The molecular formula is C28H33F3N2O3. The van der Waals surface area contributed by atoms with Crippen molar-refractivity contribution in [1.29, 1.82) is 0 Å². The number of halogens is 3. The van der Waals surface area contributed by atoms with Gasteiger partial charge in [0.05, 0.1) is 17.7 Å². The molecule has 2 aliphatic carbocycles. The third-order valence-electron chi connectivity index (χ3n) is 7.23. The molecule has 36 heavy (non-hydrogen) atoms. The molecule has 2 N–H and O–H groups in total. The van der Waals surface area contributed by atoms with Crippen molar-refractivity contribution in [3.8, 4) is 0 Å². The molecule has 0 heterocycles. The number of fused-ring (bicyclic) bond motifs is 1. The fraction of sp³-hybridized carbons (Fsp3) is 0.500. The minimum absolute atomic E-state index is 0.0302. The molecular weight excluding hydrogens is 469 g/mol. The van der Waals surface area contributed by atoms with Crippen molar-refractivity contribution in [3.63, 3.8) is 0 Å². The van der Waals surface area contributed by atoms with Crippen LogP contribution in [0.15, 0.2) is 41.6 Å². The second-order valence-electron chi connectivity index (χ2n) is 9.89. The van der Waals surface area contributed by atoms with Crippen molar-refractivity contribution in [2.45, 2.75) is 83.0 Å². The number of hydrogen-bond acceptors (Lipinski definition) is 4. The highest BCUT2D eigenvalue weighted by Crippen LogP contribution is 2.41. The Morgan fingerprint density at radius 3 is 2.56 bits per heavy atom. The first-order valence-electron chi connectivity index (χ1n) is 12.6. The zero-order valence-electron chi connectivity index (χ0n) is 20.5. The number of nitrogens with one attached hydrogen (secondary N) is 1. The Kier molecular flexibility index (Phi) is 8.34. The molecule has 2 aliphatic rings. The average Bonchev–Trinajstić information content (AvgIpc) is 3.25. The summed E-state index contributed by atoms with van der Waals surface area (Å²) in [6, 6.07) is 10.8. The van der Waals surface area contributed by atoms with Crippen molar-refractivity contribution in [3.05, 3.63) is 69.8 Å². The Balaban J connectivity index is 1.38. The van der Waals surface area contributed by atoms with Crippen LogP contribution in [0, 0.1) is 0 Å². The second-order valence-corrected chi connectivity index (χ2v) is 9.89. The van der Waals surface area contributed by atoms with Crippen LogP contribution in [0.4, 0.5) is 13.2 Å². The molecule has 2 aromatic rings. The van der Waals surface area contributed by atoms with Gasteiger partial charge in [-0.25, -0.2) is 0 Å². The van der Waals surface area contributed by atoms with E-state index in [0.29, 0.717) is 23.4 Å². The largest absolute Gasteiger partial charge is 0.481 e. The topological polar surface area (TPSA) is 70.9 Å². The maximum Gasteiger partial charge on any atom is 0.416 e. The summed E-state index contributed by atoms with van der Waals surface area (Å²) in [5.74, 6) is -0.848. The first kappa shape index (κ1) is 26.2. The Bertz CT molecular complexity index is 1110. The lowest BCUT2D eigenvalue weighted by Gasteiger charge is -2.25. The molecule has 0 saturated heterocycles. The molecule has 194 valence electrons. The van der Waals surface area contributed by atoms with Crippen LogP contribution in [0.25, 0.3) is 0 Å². The third-order valence-corrected chi connectivity index (χ3v) is 7.23. The number of hydrogen-bond donors (Lipinski definition) is 2. The van der Waals surface area contributed by atoms with Gasteiger partial charge in [-0.2, -0.15) is 13.2 Å². The number of aliphatic carboxylic acids is 1. The van der Waals surface area contributed by atoms with Crippen molar-refractivity contribution in [2.75, 3.05) is 6.54 Å². The Morgan fingerprint density at radius 1 is 1.08 bits per heavy atom. The average molecular weight is 503 g/mol. The molecule has 5 nitrogen and oxygen atoms in total. The van der Waals surface area contributed by atoms with Crippen LogP contribution in [0.5, 0.6) is 0 Å². The molecule has 0 radical (unpaired) electrons. The van der Waals surface area contributed by atoms with Gasteiger partial charge < -0.3 is 15.3 Å². The van der Waals surface area contributed by atoms with Crippen LogP contribution in [0.2, 0.25) is 0 Å². The predicted octanol–water partition coefficient (Wildman–Crippen LogP) is 6.23. The van der Waals surface area contributed by atoms with E-state index in [1.54, 1.807) is 12.1 Å². The standard InChI is InChI=1S/C28H33F3N2O3/c1-18(21-8-9-22-15-24(16-23(22)14-21)32-12-11-27(34)35)33-36-17-19-7-10-25(20-5-3-2-4-6-20)26(13-19)28(29,30)31/h7-10,13-14,20,24,32H,2-6,11-12,15-17H2,1H3,(H,34,35)/b33-18+. The maximum absolute atomic E-state index is 13.8. The normalized spacial score (nSPS) is 18.8. The van der Waals surface area contributed by atoms with Crippen LogP contribution in [-0.4, -0.2) is 29.4 Å². The van der Waals surface area contributed by atoms with Crippen molar-refractivity contribution < 1.29 is 27.9 Å². The van der Waals surface area contributed by atoms with E-state index < -0.39 is 17.7 Å². The first-order chi connectivity index (χ1) is 17.2. The molecule has 0 aromatic heterocycles. The fourth-order valence-electron chi connectivity index (χ4n) is 5.34. The molecule has 1 saturated carbocycles. The van der Waals surface area contributed by atoms with Gasteiger partial charge in [0.15, 0.2) is 0 Å². The van der Waals surface area contributed by atoms with Gasteiger partial charge >= 0.3 is 12.1 Å². The summed E-state index contributed by atoms with van der Waals surface area (Å²) in [5.41, 5.74) is 4.24. The summed E-state index contributed by atoms with van der Waals surface area (Å²) < 4.78 is 41.4. The van der Waals surface area contributed by atoms with Gasteiger partial charge in [-0.1, -0.05) is 48.7 Å². The third kappa shape index (κ3) is 6.66. The van der Waals surface area contributed by atoms with E-state index in [2.05, 4.69) is 16.5 Å².